The zero-order valence-corrected chi connectivity index (χ0v) is 14.3. The van der Waals surface area contributed by atoms with E-state index in [0.29, 0.717) is 11.3 Å². The zero-order valence-electron chi connectivity index (χ0n) is 14.3. The van der Waals surface area contributed by atoms with Gasteiger partial charge in [0.15, 0.2) is 29.1 Å². The van der Waals surface area contributed by atoms with E-state index in [0.717, 1.165) is 6.08 Å². The lowest BCUT2D eigenvalue weighted by Crippen LogP contribution is -2.12. The first-order chi connectivity index (χ1) is 13.4. The number of nitrogen functional groups attached to an aromatic ring is 1. The van der Waals surface area contributed by atoms with Crippen LogP contribution in [-0.2, 0) is 0 Å². The van der Waals surface area contributed by atoms with E-state index in [9.17, 15) is 22.4 Å². The molecule has 0 aliphatic carbocycles. The second-order valence-electron chi connectivity index (χ2n) is 5.86. The Hall–Kier alpha value is -3.61. The van der Waals surface area contributed by atoms with Crippen LogP contribution in [0.4, 0.5) is 34.6 Å². The maximum atomic E-state index is 14.3. The molecule has 0 aliphatic rings. The summed E-state index contributed by atoms with van der Waals surface area (Å²) in [5, 5.41) is 2.26. The van der Waals surface area contributed by atoms with Gasteiger partial charge >= 0.3 is 0 Å². The Morgan fingerprint density at radius 1 is 0.821 bits per heavy atom. The highest BCUT2D eigenvalue weighted by Crippen LogP contribution is 2.31. The molecule has 0 saturated carbocycles. The van der Waals surface area contributed by atoms with Gasteiger partial charge in [-0.05, 0) is 35.9 Å². The van der Waals surface area contributed by atoms with Gasteiger partial charge in [0.1, 0.15) is 5.69 Å². The minimum atomic E-state index is -1.78. The number of ketones is 1. The summed E-state index contributed by atoms with van der Waals surface area (Å²) in [6.45, 7) is 0. The van der Waals surface area contributed by atoms with Gasteiger partial charge in [-0.1, -0.05) is 36.4 Å². The van der Waals surface area contributed by atoms with Crippen LogP contribution < -0.4 is 11.1 Å². The van der Waals surface area contributed by atoms with Crippen molar-refractivity contribution in [3.05, 3.63) is 95.1 Å². The van der Waals surface area contributed by atoms with Gasteiger partial charge in [-0.15, -0.1) is 0 Å². The van der Waals surface area contributed by atoms with E-state index in [4.69, 9.17) is 5.73 Å². The Morgan fingerprint density at radius 3 is 1.96 bits per heavy atom. The number of halogens is 4. The van der Waals surface area contributed by atoms with Gasteiger partial charge in [-0.2, -0.15) is 0 Å². The number of hydrogen-bond acceptors (Lipinski definition) is 3. The average molecular weight is 386 g/mol. The highest BCUT2D eigenvalue weighted by molar-refractivity contribution is 6.07. The predicted molar refractivity (Wildman–Crippen MR) is 100 cm³/mol. The summed E-state index contributed by atoms with van der Waals surface area (Å²) >= 11 is 0. The van der Waals surface area contributed by atoms with Crippen molar-refractivity contribution < 1.29 is 22.4 Å². The first kappa shape index (κ1) is 19.2. The maximum absolute atomic E-state index is 14.3. The lowest BCUT2D eigenvalue weighted by molar-refractivity contribution is 0.103. The van der Waals surface area contributed by atoms with Crippen LogP contribution in [-0.4, -0.2) is 5.78 Å². The summed E-state index contributed by atoms with van der Waals surface area (Å²) in [4.78, 5) is 12.1. The fourth-order valence-corrected chi connectivity index (χ4v) is 2.49. The number of nitrogens with two attached hydrogens (primary N) is 1. The van der Waals surface area contributed by atoms with Gasteiger partial charge in [0.2, 0.25) is 0 Å². The Kier molecular flexibility index (Phi) is 5.44. The molecule has 142 valence electrons. The van der Waals surface area contributed by atoms with Crippen LogP contribution in [0.2, 0.25) is 0 Å². The van der Waals surface area contributed by atoms with E-state index < -0.39 is 40.3 Å². The van der Waals surface area contributed by atoms with Gasteiger partial charge in [0, 0.05) is 11.4 Å². The number of allylic oxidation sites excluding steroid dienone is 1. The van der Waals surface area contributed by atoms with Crippen molar-refractivity contribution >= 4 is 28.9 Å². The molecule has 3 aromatic carbocycles. The van der Waals surface area contributed by atoms with Gasteiger partial charge < -0.3 is 11.1 Å². The van der Waals surface area contributed by atoms with E-state index in [-0.39, 0.29) is 5.69 Å². The summed E-state index contributed by atoms with van der Waals surface area (Å²) in [5.74, 6) is -8.16. The Bertz CT molecular complexity index is 1020. The fraction of sp³-hybridized carbons (Fsp3) is 0. The lowest BCUT2D eigenvalue weighted by Gasteiger charge is -2.12. The molecule has 3 N–H and O–H groups in total. The van der Waals surface area contributed by atoms with Crippen molar-refractivity contribution in [3.63, 3.8) is 0 Å². The second-order valence-corrected chi connectivity index (χ2v) is 5.86. The topological polar surface area (TPSA) is 55.1 Å². The molecule has 0 fully saturated rings. The van der Waals surface area contributed by atoms with Crippen LogP contribution in [0.1, 0.15) is 15.9 Å². The minimum Gasteiger partial charge on any atom is -0.399 e. The molecule has 3 aromatic rings. The van der Waals surface area contributed by atoms with Crippen LogP contribution in [0.3, 0.4) is 0 Å². The van der Waals surface area contributed by atoms with E-state index >= 15 is 0 Å². The van der Waals surface area contributed by atoms with Crippen molar-refractivity contribution in [1.29, 1.82) is 0 Å². The molecule has 0 unspecified atom stereocenters. The molecule has 0 aliphatic heterocycles. The van der Waals surface area contributed by atoms with Crippen LogP contribution in [0.5, 0.6) is 0 Å². The summed E-state index contributed by atoms with van der Waals surface area (Å²) in [5.41, 5.74) is 4.31. The Balaban J connectivity index is 1.96. The normalized spacial score (nSPS) is 11.0. The molecular formula is C21H14F4N2O. The minimum absolute atomic E-state index is 0.161. The van der Waals surface area contributed by atoms with Crippen LogP contribution in [0.25, 0.3) is 6.08 Å². The van der Waals surface area contributed by atoms with Crippen LogP contribution >= 0.6 is 0 Å². The summed E-state index contributed by atoms with van der Waals surface area (Å²) in [6.07, 6.45) is 2.14. The van der Waals surface area contributed by atoms with Gasteiger partial charge in [0.05, 0.1) is 5.56 Å². The summed E-state index contributed by atoms with van der Waals surface area (Å²) < 4.78 is 57.4. The number of carbonyl (C=O) groups is 1. The molecule has 0 heterocycles. The third-order valence-corrected chi connectivity index (χ3v) is 3.92. The zero-order chi connectivity index (χ0) is 20.3. The van der Waals surface area contributed by atoms with Crippen molar-refractivity contribution in [1.82, 2.24) is 0 Å². The predicted octanol–water partition coefficient (Wildman–Crippen LogP) is 5.46. The van der Waals surface area contributed by atoms with Crippen molar-refractivity contribution in [3.8, 4) is 0 Å². The molecule has 28 heavy (non-hydrogen) atoms. The highest BCUT2D eigenvalue weighted by Gasteiger charge is 2.28. The van der Waals surface area contributed by atoms with Crippen molar-refractivity contribution in [2.24, 2.45) is 0 Å². The molecular weight excluding hydrogens is 372 g/mol. The SMILES string of the molecule is Nc1ccc(Nc2c(F)c(F)c(C(=O)C=Cc3ccccc3)c(F)c2F)cc1. The van der Waals surface area contributed by atoms with Crippen molar-refractivity contribution in [2.75, 3.05) is 11.1 Å². The number of carbonyl (C=O) groups excluding carboxylic acids is 1. The molecule has 0 saturated heterocycles. The van der Waals surface area contributed by atoms with Gasteiger partial charge in [-0.3, -0.25) is 4.79 Å². The number of benzene rings is 3. The lowest BCUT2D eigenvalue weighted by atomic mass is 10.1. The highest BCUT2D eigenvalue weighted by atomic mass is 19.2. The first-order valence-corrected chi connectivity index (χ1v) is 8.14. The molecule has 3 rings (SSSR count). The fourth-order valence-electron chi connectivity index (χ4n) is 2.49. The molecule has 3 nitrogen and oxygen atoms in total. The largest absolute Gasteiger partial charge is 0.399 e. The monoisotopic (exact) mass is 386 g/mol. The Labute approximate surface area is 158 Å². The van der Waals surface area contributed by atoms with E-state index in [1.807, 2.05) is 0 Å². The number of hydrogen-bond donors (Lipinski definition) is 2. The molecule has 7 heteroatoms. The molecule has 0 amide bonds. The number of nitrogens with one attached hydrogen (secondary N) is 1. The smallest absolute Gasteiger partial charge is 0.191 e. The first-order valence-electron chi connectivity index (χ1n) is 8.14. The Morgan fingerprint density at radius 2 is 1.39 bits per heavy atom. The van der Waals surface area contributed by atoms with Crippen LogP contribution in [0.15, 0.2) is 60.7 Å². The number of anilines is 3. The number of rotatable bonds is 5. The molecule has 0 aromatic heterocycles. The molecule has 0 radical (unpaired) electrons. The van der Waals surface area contributed by atoms with E-state index in [1.54, 1.807) is 30.3 Å². The second kappa shape index (κ2) is 7.96. The summed E-state index contributed by atoms with van der Waals surface area (Å²) in [6, 6.07) is 14.1. The molecule has 0 spiro atoms. The van der Waals surface area contributed by atoms with Gasteiger partial charge in [0.25, 0.3) is 0 Å². The molecule has 0 atom stereocenters. The van der Waals surface area contributed by atoms with Gasteiger partial charge in [-0.25, -0.2) is 17.6 Å². The third-order valence-electron chi connectivity index (χ3n) is 3.92. The van der Waals surface area contributed by atoms with E-state index in [2.05, 4.69) is 5.32 Å². The summed E-state index contributed by atoms with van der Waals surface area (Å²) in [7, 11) is 0. The maximum Gasteiger partial charge on any atom is 0.191 e. The average Bonchev–Trinajstić information content (AvgIpc) is 2.70. The quantitative estimate of drug-likeness (QED) is 0.201. The van der Waals surface area contributed by atoms with Crippen LogP contribution in [0, 0.1) is 23.3 Å². The molecule has 0 bridgehead atoms. The third kappa shape index (κ3) is 3.88. The van der Waals surface area contributed by atoms with E-state index in [1.165, 1.54) is 30.3 Å². The standard InChI is InChI=1S/C21H14F4N2O/c22-17-16(15(28)11-6-12-4-2-1-3-5-12)18(23)20(25)21(19(17)24)27-14-9-7-13(26)8-10-14/h1-11,27H,26H2. The van der Waals surface area contributed by atoms with Crippen molar-refractivity contribution in [2.45, 2.75) is 0 Å².